The Labute approximate surface area is 151 Å². The molecule has 0 aromatic heterocycles. The van der Waals surface area contributed by atoms with Crippen molar-refractivity contribution in [2.24, 2.45) is 40.4 Å². The van der Waals surface area contributed by atoms with Gasteiger partial charge in [0.25, 0.3) is 0 Å². The van der Waals surface area contributed by atoms with Gasteiger partial charge in [-0.3, -0.25) is 0 Å². The highest BCUT2D eigenvalue weighted by molar-refractivity contribution is 5.72. The van der Waals surface area contributed by atoms with Crippen LogP contribution in [0.1, 0.15) is 71.6 Å². The molecule has 0 radical (unpaired) electrons. The number of rotatable bonds is 2. The third kappa shape index (κ3) is 2.50. The second-order valence-corrected chi connectivity index (χ2v) is 10.1. The van der Waals surface area contributed by atoms with E-state index in [1.807, 2.05) is 0 Å². The largest absolute Gasteiger partial charge is 0.479 e. The van der Waals surface area contributed by atoms with Gasteiger partial charge in [-0.15, -0.1) is 0 Å². The zero-order chi connectivity index (χ0) is 18.0. The van der Waals surface area contributed by atoms with Gasteiger partial charge >= 0.3 is 5.97 Å². The quantitative estimate of drug-likeness (QED) is 0.713. The summed E-state index contributed by atoms with van der Waals surface area (Å²) in [6.07, 6.45) is 8.36. The molecular formula is C21H34O4. The summed E-state index contributed by atoms with van der Waals surface area (Å²) in [6.45, 7) is 4.73. The molecule has 4 aliphatic rings. The molecule has 0 amide bonds. The maximum Gasteiger partial charge on any atom is 0.332 e. The van der Waals surface area contributed by atoms with Crippen molar-refractivity contribution >= 4 is 5.97 Å². The Kier molecular flexibility index (Phi) is 4.23. The SMILES string of the molecule is C[C@]12CC[C@@H](O)C[C@H]1CC[C@@H]1[C@@H]2CC[C@]2(C)[C@@H](C(O)C(=O)O)CC[C@@H]12. The molecule has 4 nitrogen and oxygen atoms in total. The number of carboxylic acids is 1. The third-order valence-corrected chi connectivity index (χ3v) is 9.35. The fourth-order valence-corrected chi connectivity index (χ4v) is 7.97. The zero-order valence-electron chi connectivity index (χ0n) is 15.7. The highest BCUT2D eigenvalue weighted by Crippen LogP contribution is 2.67. The van der Waals surface area contributed by atoms with Crippen molar-refractivity contribution < 1.29 is 20.1 Å². The minimum absolute atomic E-state index is 0.0175. The molecule has 4 fully saturated rings. The van der Waals surface area contributed by atoms with Gasteiger partial charge in [-0.25, -0.2) is 4.79 Å². The van der Waals surface area contributed by atoms with Crippen molar-refractivity contribution in [1.29, 1.82) is 0 Å². The molecule has 25 heavy (non-hydrogen) atoms. The van der Waals surface area contributed by atoms with E-state index in [1.165, 1.54) is 19.3 Å². The van der Waals surface area contributed by atoms with Gasteiger partial charge < -0.3 is 15.3 Å². The van der Waals surface area contributed by atoms with Gasteiger partial charge in [-0.1, -0.05) is 13.8 Å². The van der Waals surface area contributed by atoms with E-state index in [2.05, 4.69) is 13.8 Å². The Morgan fingerprint density at radius 2 is 1.64 bits per heavy atom. The predicted molar refractivity (Wildman–Crippen MR) is 94.9 cm³/mol. The number of aliphatic hydroxyl groups excluding tert-OH is 2. The average molecular weight is 350 g/mol. The van der Waals surface area contributed by atoms with Crippen LogP contribution in [-0.4, -0.2) is 33.5 Å². The van der Waals surface area contributed by atoms with E-state index in [1.54, 1.807) is 0 Å². The number of carboxylic acid groups (broad SMARTS) is 1. The molecule has 4 aliphatic carbocycles. The number of aliphatic carboxylic acids is 1. The number of carbonyl (C=O) groups is 1. The molecule has 0 heterocycles. The summed E-state index contributed by atoms with van der Waals surface area (Å²) in [5.41, 5.74) is 0.337. The van der Waals surface area contributed by atoms with Gasteiger partial charge in [0.15, 0.2) is 6.10 Å². The summed E-state index contributed by atoms with van der Waals surface area (Å²) in [4.78, 5) is 11.4. The predicted octanol–water partition coefficient (Wildman–Crippen LogP) is 3.45. The first-order valence-electron chi connectivity index (χ1n) is 10.4. The van der Waals surface area contributed by atoms with E-state index in [9.17, 15) is 20.1 Å². The van der Waals surface area contributed by atoms with Crippen LogP contribution in [-0.2, 0) is 4.79 Å². The number of hydrogen-bond acceptors (Lipinski definition) is 3. The molecule has 4 rings (SSSR count). The minimum atomic E-state index is -1.21. The molecular weight excluding hydrogens is 316 g/mol. The summed E-state index contributed by atoms with van der Waals surface area (Å²) in [7, 11) is 0. The lowest BCUT2D eigenvalue weighted by atomic mass is 9.44. The average Bonchev–Trinajstić information content (AvgIpc) is 2.92. The third-order valence-electron chi connectivity index (χ3n) is 9.35. The first kappa shape index (κ1) is 17.8. The Hall–Kier alpha value is -0.610. The second kappa shape index (κ2) is 5.95. The van der Waals surface area contributed by atoms with Crippen LogP contribution in [0.4, 0.5) is 0 Å². The van der Waals surface area contributed by atoms with Crippen LogP contribution in [0, 0.1) is 40.4 Å². The highest BCUT2D eigenvalue weighted by atomic mass is 16.4. The molecule has 0 saturated heterocycles. The van der Waals surface area contributed by atoms with Gasteiger partial charge in [0.1, 0.15) is 0 Å². The molecule has 0 aliphatic heterocycles. The molecule has 0 spiro atoms. The van der Waals surface area contributed by atoms with Crippen molar-refractivity contribution in [2.75, 3.05) is 0 Å². The molecule has 4 heteroatoms. The Balaban J connectivity index is 1.59. The first-order chi connectivity index (χ1) is 11.8. The van der Waals surface area contributed by atoms with Crippen LogP contribution >= 0.6 is 0 Å². The molecule has 3 N–H and O–H groups in total. The van der Waals surface area contributed by atoms with Crippen molar-refractivity contribution in [2.45, 2.75) is 83.8 Å². The standard InChI is InChI=1S/C21H34O4/c1-20-9-7-13(22)11-12(20)3-4-14-15-5-6-17(18(23)19(24)25)21(15,2)10-8-16(14)20/h12-18,22-23H,3-11H2,1-2H3,(H,24,25)/t12-,13-,14+,15+,16+,17-,18?,20+,21+/m1/s1. The smallest absolute Gasteiger partial charge is 0.332 e. The lowest BCUT2D eigenvalue weighted by Gasteiger charge is -2.61. The summed E-state index contributed by atoms with van der Waals surface area (Å²) in [5.74, 6) is 1.48. The lowest BCUT2D eigenvalue weighted by Crippen LogP contribution is -2.54. The molecule has 142 valence electrons. The highest BCUT2D eigenvalue weighted by Gasteiger charge is 2.61. The lowest BCUT2D eigenvalue weighted by molar-refractivity contribution is -0.158. The van der Waals surface area contributed by atoms with Gasteiger partial charge in [0.2, 0.25) is 0 Å². The van der Waals surface area contributed by atoms with Gasteiger partial charge in [-0.2, -0.15) is 0 Å². The summed E-state index contributed by atoms with van der Waals surface area (Å²) < 4.78 is 0. The molecule has 0 bridgehead atoms. The van der Waals surface area contributed by atoms with Crippen LogP contribution in [0.25, 0.3) is 0 Å². The van der Waals surface area contributed by atoms with Crippen LogP contribution in [0.5, 0.6) is 0 Å². The molecule has 9 atom stereocenters. The monoisotopic (exact) mass is 350 g/mol. The summed E-state index contributed by atoms with van der Waals surface area (Å²) >= 11 is 0. The van der Waals surface area contributed by atoms with Crippen molar-refractivity contribution in [3.8, 4) is 0 Å². The molecule has 4 saturated carbocycles. The Morgan fingerprint density at radius 3 is 2.36 bits per heavy atom. The van der Waals surface area contributed by atoms with Crippen molar-refractivity contribution in [3.63, 3.8) is 0 Å². The van der Waals surface area contributed by atoms with Gasteiger partial charge in [0, 0.05) is 5.92 Å². The fourth-order valence-electron chi connectivity index (χ4n) is 7.97. The van der Waals surface area contributed by atoms with Crippen LogP contribution in [0.3, 0.4) is 0 Å². The number of hydrogen-bond donors (Lipinski definition) is 3. The Morgan fingerprint density at radius 1 is 0.960 bits per heavy atom. The van der Waals surface area contributed by atoms with E-state index in [-0.39, 0.29) is 17.4 Å². The van der Waals surface area contributed by atoms with E-state index in [0.29, 0.717) is 23.2 Å². The van der Waals surface area contributed by atoms with E-state index < -0.39 is 12.1 Å². The van der Waals surface area contributed by atoms with Crippen LogP contribution in [0.15, 0.2) is 0 Å². The molecule has 0 aromatic carbocycles. The molecule has 0 aromatic rings. The maximum absolute atomic E-state index is 11.4. The summed E-state index contributed by atoms with van der Waals surface area (Å²) in [6, 6.07) is 0. The van der Waals surface area contributed by atoms with Crippen molar-refractivity contribution in [3.05, 3.63) is 0 Å². The normalized spacial score (nSPS) is 53.4. The fraction of sp³-hybridized carbons (Fsp3) is 0.952. The second-order valence-electron chi connectivity index (χ2n) is 10.1. The number of aliphatic hydroxyl groups is 2. The first-order valence-corrected chi connectivity index (χ1v) is 10.4. The van der Waals surface area contributed by atoms with Crippen molar-refractivity contribution in [1.82, 2.24) is 0 Å². The minimum Gasteiger partial charge on any atom is -0.479 e. The van der Waals surface area contributed by atoms with Gasteiger partial charge in [-0.05, 0) is 92.3 Å². The van der Waals surface area contributed by atoms with Crippen LogP contribution in [0.2, 0.25) is 0 Å². The van der Waals surface area contributed by atoms with Crippen LogP contribution < -0.4 is 0 Å². The summed E-state index contributed by atoms with van der Waals surface area (Å²) in [5, 5.41) is 29.7. The topological polar surface area (TPSA) is 77.8 Å². The van der Waals surface area contributed by atoms with E-state index >= 15 is 0 Å². The molecule has 1 unspecified atom stereocenters. The van der Waals surface area contributed by atoms with E-state index in [0.717, 1.165) is 44.4 Å². The maximum atomic E-state index is 11.4. The Bertz CT molecular complexity index is 548. The van der Waals surface area contributed by atoms with E-state index in [4.69, 9.17) is 0 Å². The van der Waals surface area contributed by atoms with Gasteiger partial charge in [0.05, 0.1) is 6.10 Å². The number of fused-ring (bicyclic) bond motifs is 5. The zero-order valence-corrected chi connectivity index (χ0v) is 15.7.